The fraction of sp³-hybridized carbons (Fsp3) is 0. The van der Waals surface area contributed by atoms with Gasteiger partial charge in [-0.2, -0.15) is 5.10 Å². The summed E-state index contributed by atoms with van der Waals surface area (Å²) in [6, 6.07) is 10.3. The van der Waals surface area contributed by atoms with Crippen molar-refractivity contribution in [2.24, 2.45) is 5.10 Å². The molecule has 0 aliphatic rings. The monoisotopic (exact) mass is 337 g/mol. The lowest BCUT2D eigenvalue weighted by molar-refractivity contribution is -0.384. The van der Waals surface area contributed by atoms with Crippen LogP contribution in [0.2, 0.25) is 10.0 Å². The van der Waals surface area contributed by atoms with Crippen molar-refractivity contribution in [2.45, 2.75) is 0 Å². The zero-order valence-electron chi connectivity index (χ0n) is 11.0. The zero-order valence-corrected chi connectivity index (χ0v) is 12.5. The van der Waals surface area contributed by atoms with Crippen LogP contribution in [0.3, 0.4) is 0 Å². The van der Waals surface area contributed by atoms with Crippen molar-refractivity contribution in [1.29, 1.82) is 0 Å². The molecule has 1 N–H and O–H groups in total. The van der Waals surface area contributed by atoms with Crippen LogP contribution >= 0.6 is 23.2 Å². The van der Waals surface area contributed by atoms with Crippen LogP contribution in [0.5, 0.6) is 0 Å². The van der Waals surface area contributed by atoms with Gasteiger partial charge in [-0.3, -0.25) is 14.9 Å². The maximum atomic E-state index is 11.9. The molecule has 2 aromatic carbocycles. The zero-order chi connectivity index (χ0) is 16.1. The van der Waals surface area contributed by atoms with E-state index in [1.807, 2.05) is 0 Å². The fourth-order valence-corrected chi connectivity index (χ4v) is 1.96. The summed E-state index contributed by atoms with van der Waals surface area (Å²) in [6.07, 6.45) is 1.34. The molecule has 0 aliphatic heterocycles. The number of carbonyl (C=O) groups excluding carboxylic acids is 1. The minimum absolute atomic E-state index is 0.128. The molecule has 0 atom stereocenters. The van der Waals surface area contributed by atoms with Crippen LogP contribution in [-0.4, -0.2) is 17.0 Å². The first-order valence-electron chi connectivity index (χ1n) is 6.01. The number of non-ortho nitro benzene ring substituents is 1. The molecule has 0 radical (unpaired) electrons. The van der Waals surface area contributed by atoms with Crippen LogP contribution in [0.15, 0.2) is 47.6 Å². The third-order valence-corrected chi connectivity index (χ3v) is 3.50. The molecule has 0 fully saturated rings. The Morgan fingerprint density at radius 1 is 1.23 bits per heavy atom. The van der Waals surface area contributed by atoms with Crippen molar-refractivity contribution in [3.63, 3.8) is 0 Å². The summed E-state index contributed by atoms with van der Waals surface area (Å²) in [7, 11) is 0. The largest absolute Gasteiger partial charge is 0.271 e. The Kier molecular flexibility index (Phi) is 5.08. The highest BCUT2D eigenvalue weighted by Gasteiger charge is 2.10. The van der Waals surface area contributed by atoms with Crippen molar-refractivity contribution in [3.05, 3.63) is 73.8 Å². The SMILES string of the molecule is O=C(N/N=C/c1cccc(Cl)c1Cl)c1cccc([N+](=O)[O-])c1. The van der Waals surface area contributed by atoms with Gasteiger partial charge in [0.25, 0.3) is 11.6 Å². The first-order valence-corrected chi connectivity index (χ1v) is 6.76. The van der Waals surface area contributed by atoms with Gasteiger partial charge in [-0.1, -0.05) is 41.4 Å². The number of nitrogens with one attached hydrogen (secondary N) is 1. The quantitative estimate of drug-likeness (QED) is 0.524. The maximum absolute atomic E-state index is 11.9. The van der Waals surface area contributed by atoms with E-state index in [0.717, 1.165) is 6.07 Å². The summed E-state index contributed by atoms with van der Waals surface area (Å²) in [5.74, 6) is -0.571. The normalized spacial score (nSPS) is 10.6. The van der Waals surface area contributed by atoms with Gasteiger partial charge in [-0.25, -0.2) is 5.43 Å². The van der Waals surface area contributed by atoms with E-state index in [1.165, 1.54) is 24.4 Å². The van der Waals surface area contributed by atoms with E-state index in [0.29, 0.717) is 15.6 Å². The maximum Gasteiger partial charge on any atom is 0.271 e. The first kappa shape index (κ1) is 15.9. The van der Waals surface area contributed by atoms with Gasteiger partial charge in [-0.15, -0.1) is 0 Å². The summed E-state index contributed by atoms with van der Waals surface area (Å²) >= 11 is 11.8. The third-order valence-electron chi connectivity index (χ3n) is 2.67. The highest BCUT2D eigenvalue weighted by molar-refractivity contribution is 6.43. The molecule has 2 rings (SSSR count). The number of hydrogen-bond donors (Lipinski definition) is 1. The molecule has 0 heterocycles. The van der Waals surface area contributed by atoms with Crippen molar-refractivity contribution in [2.75, 3.05) is 0 Å². The van der Waals surface area contributed by atoms with Crippen molar-refractivity contribution in [1.82, 2.24) is 5.43 Å². The highest BCUT2D eigenvalue weighted by Crippen LogP contribution is 2.24. The molecule has 0 saturated carbocycles. The van der Waals surface area contributed by atoms with Gasteiger partial charge < -0.3 is 0 Å². The number of rotatable bonds is 4. The molecule has 6 nitrogen and oxygen atoms in total. The second-order valence-electron chi connectivity index (χ2n) is 4.15. The molecule has 0 unspecified atom stereocenters. The van der Waals surface area contributed by atoms with E-state index in [2.05, 4.69) is 10.5 Å². The summed E-state index contributed by atoms with van der Waals surface area (Å²) in [5, 5.41) is 15.1. The number of nitro benzene ring substituents is 1. The standard InChI is InChI=1S/C14H9Cl2N3O3/c15-12-6-2-4-10(13(12)16)8-17-18-14(20)9-3-1-5-11(7-9)19(21)22/h1-8H,(H,18,20)/b17-8+. The van der Waals surface area contributed by atoms with Gasteiger partial charge in [0.05, 0.1) is 21.2 Å². The first-order chi connectivity index (χ1) is 10.5. The van der Waals surface area contributed by atoms with Gasteiger partial charge in [0, 0.05) is 23.3 Å². The molecular formula is C14H9Cl2N3O3. The van der Waals surface area contributed by atoms with Crippen molar-refractivity contribution >= 4 is 41.0 Å². The van der Waals surface area contributed by atoms with Crippen LogP contribution < -0.4 is 5.43 Å². The Hall–Kier alpha value is -2.44. The molecule has 0 aromatic heterocycles. The van der Waals surface area contributed by atoms with Gasteiger partial charge >= 0.3 is 0 Å². The number of hydrogen-bond acceptors (Lipinski definition) is 4. The van der Waals surface area contributed by atoms with Crippen molar-refractivity contribution < 1.29 is 9.72 Å². The lowest BCUT2D eigenvalue weighted by Crippen LogP contribution is -2.17. The predicted molar refractivity (Wildman–Crippen MR) is 84.6 cm³/mol. The molecule has 22 heavy (non-hydrogen) atoms. The molecule has 2 aromatic rings. The molecule has 0 spiro atoms. The molecule has 1 amide bonds. The predicted octanol–water partition coefficient (Wildman–Crippen LogP) is 3.67. The van der Waals surface area contributed by atoms with Crippen LogP contribution in [0.25, 0.3) is 0 Å². The summed E-state index contributed by atoms with van der Waals surface area (Å²) in [4.78, 5) is 21.9. The minimum atomic E-state index is -0.578. The number of carbonyl (C=O) groups is 1. The van der Waals surface area contributed by atoms with Gasteiger partial charge in [0.1, 0.15) is 0 Å². The molecule has 0 saturated heterocycles. The van der Waals surface area contributed by atoms with Crippen LogP contribution in [-0.2, 0) is 0 Å². The Morgan fingerprint density at radius 3 is 2.68 bits per heavy atom. The lowest BCUT2D eigenvalue weighted by Gasteiger charge is -2.01. The number of benzene rings is 2. The molecule has 8 heteroatoms. The van der Waals surface area contributed by atoms with E-state index >= 15 is 0 Å². The van der Waals surface area contributed by atoms with Crippen molar-refractivity contribution in [3.8, 4) is 0 Å². The smallest absolute Gasteiger partial charge is 0.267 e. The third kappa shape index (κ3) is 3.81. The molecule has 0 aliphatic carbocycles. The molecule has 112 valence electrons. The van der Waals surface area contributed by atoms with E-state index < -0.39 is 10.8 Å². The van der Waals surface area contributed by atoms with E-state index in [1.54, 1.807) is 18.2 Å². The Labute approximate surface area is 135 Å². The number of amides is 1. The van der Waals surface area contributed by atoms with Crippen LogP contribution in [0.1, 0.15) is 15.9 Å². The van der Waals surface area contributed by atoms with E-state index in [-0.39, 0.29) is 11.3 Å². The fourth-order valence-electron chi connectivity index (χ4n) is 1.61. The molecule has 0 bridgehead atoms. The van der Waals surface area contributed by atoms with Crippen LogP contribution in [0.4, 0.5) is 5.69 Å². The van der Waals surface area contributed by atoms with Gasteiger partial charge in [-0.05, 0) is 12.1 Å². The Bertz CT molecular complexity index is 763. The summed E-state index contributed by atoms with van der Waals surface area (Å²) < 4.78 is 0. The Balaban J connectivity index is 2.09. The number of nitrogens with zero attached hydrogens (tertiary/aromatic N) is 2. The highest BCUT2D eigenvalue weighted by atomic mass is 35.5. The summed E-state index contributed by atoms with van der Waals surface area (Å²) in [6.45, 7) is 0. The lowest BCUT2D eigenvalue weighted by atomic mass is 10.2. The van der Waals surface area contributed by atoms with E-state index in [9.17, 15) is 14.9 Å². The Morgan fingerprint density at radius 2 is 1.95 bits per heavy atom. The second kappa shape index (κ2) is 7.02. The molecular weight excluding hydrogens is 329 g/mol. The minimum Gasteiger partial charge on any atom is -0.267 e. The van der Waals surface area contributed by atoms with Gasteiger partial charge in [0.15, 0.2) is 0 Å². The average Bonchev–Trinajstić information content (AvgIpc) is 2.51. The number of nitro groups is 1. The summed E-state index contributed by atoms with van der Waals surface area (Å²) in [5.41, 5.74) is 2.76. The second-order valence-corrected chi connectivity index (χ2v) is 4.93. The average molecular weight is 338 g/mol. The number of halogens is 2. The van der Waals surface area contributed by atoms with Crippen LogP contribution in [0, 0.1) is 10.1 Å². The topological polar surface area (TPSA) is 84.6 Å². The van der Waals surface area contributed by atoms with E-state index in [4.69, 9.17) is 23.2 Å². The number of hydrazone groups is 1. The van der Waals surface area contributed by atoms with Gasteiger partial charge in [0.2, 0.25) is 0 Å².